The van der Waals surface area contributed by atoms with Gasteiger partial charge in [-0.2, -0.15) is 0 Å². The van der Waals surface area contributed by atoms with Crippen LogP contribution < -0.4 is 5.48 Å². The zero-order valence-corrected chi connectivity index (χ0v) is 8.54. The lowest BCUT2D eigenvalue weighted by atomic mass is 10.1. The van der Waals surface area contributed by atoms with Crippen LogP contribution in [0.4, 0.5) is 0 Å². The number of hydrogen-bond donors (Lipinski definition) is 1. The van der Waals surface area contributed by atoms with Crippen LogP contribution in [0.5, 0.6) is 0 Å². The number of hydrogen-bond acceptors (Lipinski definition) is 2. The van der Waals surface area contributed by atoms with Gasteiger partial charge in [0.1, 0.15) is 0 Å². The van der Waals surface area contributed by atoms with Crippen molar-refractivity contribution in [2.24, 2.45) is 0 Å². The molecule has 0 heterocycles. The van der Waals surface area contributed by atoms with Crippen molar-refractivity contribution in [3.63, 3.8) is 0 Å². The van der Waals surface area contributed by atoms with Crippen LogP contribution in [-0.4, -0.2) is 12.5 Å². The van der Waals surface area contributed by atoms with Crippen LogP contribution in [0.15, 0.2) is 24.3 Å². The maximum Gasteiger partial charge on any atom is 0.274 e. The summed E-state index contributed by atoms with van der Waals surface area (Å²) < 4.78 is 0. The van der Waals surface area contributed by atoms with E-state index >= 15 is 0 Å². The van der Waals surface area contributed by atoms with E-state index in [1.165, 1.54) is 0 Å². The lowest BCUT2D eigenvalue weighted by molar-refractivity contribution is 0.0315. The second kappa shape index (κ2) is 5.40. The molecular formula is C11H15NO2. The average molecular weight is 193 g/mol. The standard InChI is InChI=1S/C11H15NO2/c1-3-8-14-12-11(13)10-6-4-9(2)5-7-10/h4-7H,3,8H2,1-2H3,(H,12,13). The number of rotatable bonds is 4. The molecular weight excluding hydrogens is 178 g/mol. The molecule has 3 nitrogen and oxygen atoms in total. The quantitative estimate of drug-likeness (QED) is 0.587. The van der Waals surface area contributed by atoms with Crippen LogP contribution in [0.3, 0.4) is 0 Å². The molecule has 0 unspecified atom stereocenters. The fourth-order valence-electron chi connectivity index (χ4n) is 0.983. The maximum absolute atomic E-state index is 11.4. The first-order valence-electron chi connectivity index (χ1n) is 4.73. The van der Waals surface area contributed by atoms with Crippen LogP contribution in [0, 0.1) is 6.92 Å². The Balaban J connectivity index is 2.48. The van der Waals surface area contributed by atoms with Gasteiger partial charge in [0.15, 0.2) is 0 Å². The lowest BCUT2D eigenvalue weighted by Crippen LogP contribution is -2.23. The Morgan fingerprint density at radius 1 is 1.36 bits per heavy atom. The third-order valence-corrected chi connectivity index (χ3v) is 1.78. The minimum Gasteiger partial charge on any atom is -0.273 e. The Labute approximate surface area is 84.0 Å². The Morgan fingerprint density at radius 2 is 2.00 bits per heavy atom. The van der Waals surface area contributed by atoms with Gasteiger partial charge in [-0.05, 0) is 25.5 Å². The van der Waals surface area contributed by atoms with Crippen LogP contribution in [0.2, 0.25) is 0 Å². The molecule has 1 aromatic carbocycles. The van der Waals surface area contributed by atoms with Gasteiger partial charge in [0, 0.05) is 5.56 Å². The number of benzene rings is 1. The van der Waals surface area contributed by atoms with Gasteiger partial charge in [-0.1, -0.05) is 24.6 Å². The highest BCUT2D eigenvalue weighted by Crippen LogP contribution is 2.02. The number of aryl methyl sites for hydroxylation is 1. The average Bonchev–Trinajstić information content (AvgIpc) is 2.19. The van der Waals surface area contributed by atoms with Gasteiger partial charge in [0.2, 0.25) is 0 Å². The summed E-state index contributed by atoms with van der Waals surface area (Å²) in [5.74, 6) is -0.196. The van der Waals surface area contributed by atoms with E-state index in [4.69, 9.17) is 4.84 Å². The molecule has 0 aliphatic heterocycles. The zero-order chi connectivity index (χ0) is 10.4. The minimum absolute atomic E-state index is 0.196. The Bertz CT molecular complexity index is 293. The first-order valence-corrected chi connectivity index (χ1v) is 4.73. The number of carbonyl (C=O) groups is 1. The van der Waals surface area contributed by atoms with Gasteiger partial charge in [-0.25, -0.2) is 5.48 Å². The van der Waals surface area contributed by atoms with E-state index in [2.05, 4.69) is 5.48 Å². The molecule has 0 radical (unpaired) electrons. The van der Waals surface area contributed by atoms with E-state index in [0.29, 0.717) is 12.2 Å². The summed E-state index contributed by atoms with van der Waals surface area (Å²) in [7, 11) is 0. The van der Waals surface area contributed by atoms with Crippen LogP contribution in [0.1, 0.15) is 29.3 Å². The summed E-state index contributed by atoms with van der Waals surface area (Å²) >= 11 is 0. The maximum atomic E-state index is 11.4. The van der Waals surface area contributed by atoms with Crippen molar-refractivity contribution in [1.82, 2.24) is 5.48 Å². The third-order valence-electron chi connectivity index (χ3n) is 1.78. The van der Waals surface area contributed by atoms with Gasteiger partial charge in [-0.3, -0.25) is 9.63 Å². The number of amides is 1. The summed E-state index contributed by atoms with van der Waals surface area (Å²) in [6.07, 6.45) is 0.883. The molecule has 76 valence electrons. The van der Waals surface area contributed by atoms with Crippen molar-refractivity contribution in [2.75, 3.05) is 6.61 Å². The Morgan fingerprint density at radius 3 is 2.57 bits per heavy atom. The zero-order valence-electron chi connectivity index (χ0n) is 8.54. The van der Waals surface area contributed by atoms with Gasteiger partial charge in [0.25, 0.3) is 5.91 Å². The first kappa shape index (κ1) is 10.7. The number of nitrogens with one attached hydrogen (secondary N) is 1. The van der Waals surface area contributed by atoms with E-state index in [1.807, 2.05) is 26.0 Å². The summed E-state index contributed by atoms with van der Waals surface area (Å²) in [6, 6.07) is 7.35. The SMILES string of the molecule is CCCONC(=O)c1ccc(C)cc1. The molecule has 0 saturated heterocycles. The molecule has 0 atom stereocenters. The second-order valence-electron chi connectivity index (χ2n) is 3.15. The molecule has 1 rings (SSSR count). The van der Waals surface area contributed by atoms with E-state index in [0.717, 1.165) is 12.0 Å². The molecule has 0 saturated carbocycles. The summed E-state index contributed by atoms with van der Waals surface area (Å²) in [4.78, 5) is 16.3. The molecule has 1 aromatic rings. The summed E-state index contributed by atoms with van der Waals surface area (Å²) in [6.45, 7) is 4.50. The molecule has 0 spiro atoms. The predicted octanol–water partition coefficient (Wildman–Crippen LogP) is 2.07. The van der Waals surface area contributed by atoms with Crippen LogP contribution in [-0.2, 0) is 4.84 Å². The fourth-order valence-corrected chi connectivity index (χ4v) is 0.983. The van der Waals surface area contributed by atoms with Gasteiger partial charge in [0.05, 0.1) is 6.61 Å². The van der Waals surface area contributed by atoms with Crippen LogP contribution >= 0.6 is 0 Å². The first-order chi connectivity index (χ1) is 6.74. The van der Waals surface area contributed by atoms with Crippen molar-refractivity contribution in [3.05, 3.63) is 35.4 Å². The van der Waals surface area contributed by atoms with E-state index in [1.54, 1.807) is 12.1 Å². The predicted molar refractivity (Wildman–Crippen MR) is 54.9 cm³/mol. The Kier molecular flexibility index (Phi) is 4.13. The highest BCUT2D eigenvalue weighted by atomic mass is 16.6. The Hall–Kier alpha value is -1.35. The fraction of sp³-hybridized carbons (Fsp3) is 0.364. The van der Waals surface area contributed by atoms with Crippen molar-refractivity contribution < 1.29 is 9.63 Å². The summed E-state index contributed by atoms with van der Waals surface area (Å²) in [5, 5.41) is 0. The third kappa shape index (κ3) is 3.18. The van der Waals surface area contributed by atoms with Crippen molar-refractivity contribution >= 4 is 5.91 Å². The number of hydroxylamine groups is 1. The van der Waals surface area contributed by atoms with Gasteiger partial charge < -0.3 is 0 Å². The van der Waals surface area contributed by atoms with Gasteiger partial charge in [-0.15, -0.1) is 0 Å². The molecule has 1 amide bonds. The summed E-state index contributed by atoms with van der Waals surface area (Å²) in [5.41, 5.74) is 4.13. The normalized spacial score (nSPS) is 9.86. The lowest BCUT2D eigenvalue weighted by Gasteiger charge is -2.04. The van der Waals surface area contributed by atoms with Crippen molar-refractivity contribution in [2.45, 2.75) is 20.3 Å². The minimum atomic E-state index is -0.196. The smallest absolute Gasteiger partial charge is 0.273 e. The second-order valence-corrected chi connectivity index (χ2v) is 3.15. The number of carbonyl (C=O) groups excluding carboxylic acids is 1. The molecule has 0 fully saturated rings. The highest BCUT2D eigenvalue weighted by molar-refractivity contribution is 5.93. The van der Waals surface area contributed by atoms with Gasteiger partial charge >= 0.3 is 0 Å². The van der Waals surface area contributed by atoms with E-state index in [-0.39, 0.29) is 5.91 Å². The van der Waals surface area contributed by atoms with E-state index < -0.39 is 0 Å². The molecule has 0 aliphatic rings. The molecule has 0 aliphatic carbocycles. The molecule has 0 bridgehead atoms. The molecule has 3 heteroatoms. The van der Waals surface area contributed by atoms with E-state index in [9.17, 15) is 4.79 Å². The molecule has 1 N–H and O–H groups in total. The largest absolute Gasteiger partial charge is 0.274 e. The van der Waals surface area contributed by atoms with Crippen LogP contribution in [0.25, 0.3) is 0 Å². The topological polar surface area (TPSA) is 38.3 Å². The van der Waals surface area contributed by atoms with Crippen molar-refractivity contribution in [3.8, 4) is 0 Å². The molecule has 0 aromatic heterocycles. The molecule has 14 heavy (non-hydrogen) atoms. The monoisotopic (exact) mass is 193 g/mol. The van der Waals surface area contributed by atoms with Crippen molar-refractivity contribution in [1.29, 1.82) is 0 Å². The highest BCUT2D eigenvalue weighted by Gasteiger charge is 2.03.